The molecule has 3 aromatic carbocycles. The third-order valence-corrected chi connectivity index (χ3v) is 12.0. The van der Waals surface area contributed by atoms with Gasteiger partial charge in [-0.1, -0.05) is 43.4 Å². The van der Waals surface area contributed by atoms with E-state index in [9.17, 15) is 22.1 Å². The molecule has 0 saturated carbocycles. The largest absolute Gasteiger partial charge is 0.361 e. The van der Waals surface area contributed by atoms with Gasteiger partial charge in [0.1, 0.15) is 18.6 Å². The third-order valence-electron chi connectivity index (χ3n) is 7.95. The number of rotatable bonds is 11. The maximum Gasteiger partial charge on any atom is 0.268 e. The first kappa shape index (κ1) is 33.6. The quantitative estimate of drug-likeness (QED) is 0.134. The second kappa shape index (κ2) is 12.4. The Hall–Kier alpha value is -3.80. The molecule has 0 saturated heterocycles. The standard InChI is InChI=1S/C33H39N5O5S2Si/c1-22-8-11-26(12-9-22)45(41,42)38-15-14-27-30(23(2)18-24(3)32(27)38)31(36-44(4,39)40)33-35-28-19-25(20-34)10-13-29(28)37(33)21-43-16-17-46(5,6)7/h8-15,18-19,31,36H,16-17,21H2,1-7H3. The molecule has 1 unspecified atom stereocenters. The molecule has 5 aromatic rings. The minimum absolute atomic E-state index is 0.112. The summed E-state index contributed by atoms with van der Waals surface area (Å²) in [6.45, 7) is 13.0. The number of nitriles is 1. The van der Waals surface area contributed by atoms with Crippen LogP contribution in [0, 0.1) is 32.1 Å². The molecule has 0 fully saturated rings. The highest BCUT2D eigenvalue weighted by Gasteiger charge is 2.31. The molecule has 46 heavy (non-hydrogen) atoms. The fourth-order valence-electron chi connectivity index (χ4n) is 5.67. The van der Waals surface area contributed by atoms with E-state index in [2.05, 4.69) is 30.4 Å². The highest BCUT2D eigenvalue weighted by molar-refractivity contribution is 7.90. The van der Waals surface area contributed by atoms with Crippen molar-refractivity contribution in [2.45, 2.75) is 64.1 Å². The van der Waals surface area contributed by atoms with Gasteiger partial charge in [0.05, 0.1) is 39.3 Å². The van der Waals surface area contributed by atoms with Crippen LogP contribution in [-0.2, 0) is 31.5 Å². The van der Waals surface area contributed by atoms with E-state index in [1.54, 1.807) is 48.5 Å². The van der Waals surface area contributed by atoms with Crippen LogP contribution >= 0.6 is 0 Å². The Morgan fingerprint density at radius 1 is 0.978 bits per heavy atom. The van der Waals surface area contributed by atoms with Crippen LogP contribution in [0.15, 0.2) is 65.7 Å². The summed E-state index contributed by atoms with van der Waals surface area (Å²) in [5.41, 5.74) is 5.05. The molecule has 0 aliphatic rings. The van der Waals surface area contributed by atoms with E-state index >= 15 is 0 Å². The summed E-state index contributed by atoms with van der Waals surface area (Å²) in [7, 11) is -9.16. The van der Waals surface area contributed by atoms with E-state index in [0.717, 1.165) is 29.0 Å². The van der Waals surface area contributed by atoms with Crippen LogP contribution in [-0.4, -0.2) is 51.3 Å². The van der Waals surface area contributed by atoms with Crippen LogP contribution in [0.2, 0.25) is 25.7 Å². The van der Waals surface area contributed by atoms with E-state index in [1.807, 2.05) is 31.4 Å². The summed E-state index contributed by atoms with van der Waals surface area (Å²) in [5, 5.41) is 10.1. The van der Waals surface area contributed by atoms with E-state index in [1.165, 1.54) is 10.2 Å². The molecule has 0 aliphatic heterocycles. The number of aryl methyl sites for hydroxylation is 3. The lowest BCUT2D eigenvalue weighted by atomic mass is 9.95. The zero-order chi connectivity index (χ0) is 33.6. The molecule has 1 N–H and O–H groups in total. The van der Waals surface area contributed by atoms with Crippen molar-refractivity contribution in [3.63, 3.8) is 0 Å². The molecule has 13 heteroatoms. The molecule has 1 atom stereocenters. The normalized spacial score (nSPS) is 13.3. The Morgan fingerprint density at radius 3 is 2.30 bits per heavy atom. The van der Waals surface area contributed by atoms with Gasteiger partial charge in [0, 0.05) is 26.3 Å². The predicted molar refractivity (Wildman–Crippen MR) is 184 cm³/mol. The number of imidazole rings is 1. The van der Waals surface area contributed by atoms with Gasteiger partial charge in [0.2, 0.25) is 10.0 Å². The summed E-state index contributed by atoms with van der Waals surface area (Å²) in [6.07, 6.45) is 2.59. The lowest BCUT2D eigenvalue weighted by Crippen LogP contribution is -2.31. The van der Waals surface area contributed by atoms with Crippen LogP contribution in [0.25, 0.3) is 21.9 Å². The average molecular weight is 678 g/mol. The van der Waals surface area contributed by atoms with Gasteiger partial charge in [-0.15, -0.1) is 0 Å². The van der Waals surface area contributed by atoms with Gasteiger partial charge < -0.3 is 9.30 Å². The molecule has 0 amide bonds. The van der Waals surface area contributed by atoms with Crippen molar-refractivity contribution < 1.29 is 21.6 Å². The van der Waals surface area contributed by atoms with E-state index in [-0.39, 0.29) is 11.6 Å². The Labute approximate surface area is 271 Å². The zero-order valence-electron chi connectivity index (χ0n) is 27.1. The van der Waals surface area contributed by atoms with Gasteiger partial charge in [-0.3, -0.25) is 0 Å². The molecular weight excluding hydrogens is 639 g/mol. The first-order chi connectivity index (χ1) is 21.5. The minimum Gasteiger partial charge on any atom is -0.361 e. The first-order valence-corrected chi connectivity index (χ1v) is 21.9. The maximum absolute atomic E-state index is 13.9. The van der Waals surface area contributed by atoms with Crippen LogP contribution in [0.4, 0.5) is 0 Å². The predicted octanol–water partition coefficient (Wildman–Crippen LogP) is 5.98. The lowest BCUT2D eigenvalue weighted by Gasteiger charge is -2.23. The lowest BCUT2D eigenvalue weighted by molar-refractivity contribution is 0.0873. The number of aromatic nitrogens is 3. The fourth-order valence-corrected chi connectivity index (χ4v) is 8.49. The van der Waals surface area contributed by atoms with Crippen molar-refractivity contribution >= 4 is 50.1 Å². The van der Waals surface area contributed by atoms with Crippen molar-refractivity contribution in [2.24, 2.45) is 0 Å². The third kappa shape index (κ3) is 6.81. The number of hydrogen-bond donors (Lipinski definition) is 1. The molecule has 5 rings (SSSR count). The van der Waals surface area contributed by atoms with Gasteiger partial charge in [0.15, 0.2) is 0 Å². The molecule has 242 valence electrons. The fraction of sp³-hybridized carbons (Fsp3) is 0.333. The smallest absolute Gasteiger partial charge is 0.268 e. The Morgan fingerprint density at radius 2 is 1.67 bits per heavy atom. The number of fused-ring (bicyclic) bond motifs is 2. The molecule has 2 heterocycles. The number of ether oxygens (including phenoxy) is 1. The highest BCUT2D eigenvalue weighted by Crippen LogP contribution is 2.37. The number of nitrogens with one attached hydrogen (secondary N) is 1. The molecular formula is C33H39N5O5S2Si. The Kier molecular flexibility index (Phi) is 9.06. The topological polar surface area (TPSA) is 136 Å². The number of hydrogen-bond acceptors (Lipinski definition) is 7. The average Bonchev–Trinajstić information content (AvgIpc) is 3.56. The van der Waals surface area contributed by atoms with Gasteiger partial charge >= 0.3 is 0 Å². The molecule has 0 bridgehead atoms. The molecule has 2 aromatic heterocycles. The monoisotopic (exact) mass is 677 g/mol. The van der Waals surface area contributed by atoms with Gasteiger partial charge in [-0.25, -0.2) is 30.5 Å². The SMILES string of the molecule is Cc1ccc(S(=O)(=O)n2ccc3c(C(NS(C)(=O)=O)c4nc5cc(C#N)ccc5n4COCC[Si](C)(C)C)c(C)cc(C)c32)cc1. The second-order valence-electron chi connectivity index (χ2n) is 13.0. The van der Waals surface area contributed by atoms with Crippen LogP contribution in [0.5, 0.6) is 0 Å². The van der Waals surface area contributed by atoms with Crippen LogP contribution in [0.1, 0.15) is 39.7 Å². The zero-order valence-corrected chi connectivity index (χ0v) is 29.8. The van der Waals surface area contributed by atoms with Crippen molar-refractivity contribution in [2.75, 3.05) is 12.9 Å². The first-order valence-electron chi connectivity index (χ1n) is 14.9. The minimum atomic E-state index is -3.97. The number of benzene rings is 3. The molecule has 10 nitrogen and oxygen atoms in total. The second-order valence-corrected chi connectivity index (χ2v) is 22.2. The van der Waals surface area contributed by atoms with Crippen LogP contribution < -0.4 is 4.72 Å². The van der Waals surface area contributed by atoms with Gasteiger partial charge in [0.25, 0.3) is 10.0 Å². The van der Waals surface area contributed by atoms with Crippen molar-refractivity contribution in [3.8, 4) is 6.07 Å². The molecule has 0 radical (unpaired) electrons. The van der Waals surface area contributed by atoms with E-state index < -0.39 is 34.2 Å². The summed E-state index contributed by atoms with van der Waals surface area (Å²) in [4.78, 5) is 5.03. The van der Waals surface area contributed by atoms with Crippen molar-refractivity contribution in [1.29, 1.82) is 5.26 Å². The van der Waals surface area contributed by atoms with Crippen molar-refractivity contribution in [3.05, 3.63) is 94.4 Å². The summed E-state index contributed by atoms with van der Waals surface area (Å²) in [5.74, 6) is 0.367. The summed E-state index contributed by atoms with van der Waals surface area (Å²) in [6, 6.07) is 17.4. The molecule has 0 spiro atoms. The number of sulfonamides is 1. The molecule has 0 aliphatic carbocycles. The highest BCUT2D eigenvalue weighted by atomic mass is 32.2. The van der Waals surface area contributed by atoms with E-state index in [4.69, 9.17) is 9.72 Å². The number of nitrogens with zero attached hydrogens (tertiary/aromatic N) is 4. The van der Waals surface area contributed by atoms with Gasteiger partial charge in [-0.2, -0.15) is 5.26 Å². The summed E-state index contributed by atoms with van der Waals surface area (Å²) >= 11 is 0. The maximum atomic E-state index is 13.9. The van der Waals surface area contributed by atoms with Gasteiger partial charge in [-0.05, 0) is 79.9 Å². The van der Waals surface area contributed by atoms with Crippen LogP contribution in [0.3, 0.4) is 0 Å². The summed E-state index contributed by atoms with van der Waals surface area (Å²) < 4.78 is 65.7. The Balaban J connectivity index is 1.74. The van der Waals surface area contributed by atoms with Crippen molar-refractivity contribution in [1.82, 2.24) is 18.2 Å². The van der Waals surface area contributed by atoms with E-state index in [0.29, 0.717) is 45.5 Å². The Bertz CT molecular complexity index is 2210.